The first-order valence-corrected chi connectivity index (χ1v) is 5.39. The van der Waals surface area contributed by atoms with Gasteiger partial charge in [0, 0.05) is 6.20 Å². The van der Waals surface area contributed by atoms with Crippen LogP contribution in [0.5, 0.6) is 0 Å². The largest absolute Gasteiger partial charge is 0.351 e. The number of rotatable bonds is 2. The van der Waals surface area contributed by atoms with Gasteiger partial charge in [0.1, 0.15) is 5.15 Å². The molecule has 0 aliphatic heterocycles. The third kappa shape index (κ3) is 2.33. The SMILES string of the molecule is NS(=O)(=O)c1c(Cl)[nH]cc(C(F)F)c1=O. The van der Waals surface area contributed by atoms with Gasteiger partial charge in [0.05, 0.1) is 5.56 Å². The summed E-state index contributed by atoms with van der Waals surface area (Å²) in [6, 6.07) is 0. The molecular weight excluding hydrogens is 254 g/mol. The first-order chi connectivity index (χ1) is 6.75. The molecule has 1 heterocycles. The van der Waals surface area contributed by atoms with Crippen molar-refractivity contribution in [3.63, 3.8) is 0 Å². The zero-order valence-corrected chi connectivity index (χ0v) is 8.57. The molecule has 0 bridgehead atoms. The molecule has 0 aliphatic rings. The molecule has 1 rings (SSSR count). The fourth-order valence-corrected chi connectivity index (χ4v) is 2.07. The lowest BCUT2D eigenvalue weighted by Gasteiger charge is -2.03. The van der Waals surface area contributed by atoms with E-state index in [1.807, 2.05) is 4.98 Å². The van der Waals surface area contributed by atoms with Gasteiger partial charge in [-0.1, -0.05) is 11.6 Å². The number of halogens is 3. The first-order valence-electron chi connectivity index (χ1n) is 3.47. The van der Waals surface area contributed by atoms with Crippen LogP contribution in [0.4, 0.5) is 8.78 Å². The molecule has 0 aliphatic carbocycles. The number of hydrogen-bond donors (Lipinski definition) is 2. The Morgan fingerprint density at radius 3 is 2.40 bits per heavy atom. The third-order valence-electron chi connectivity index (χ3n) is 1.54. The van der Waals surface area contributed by atoms with Gasteiger partial charge in [-0.05, 0) is 0 Å². The van der Waals surface area contributed by atoms with Crippen molar-refractivity contribution in [2.24, 2.45) is 5.14 Å². The summed E-state index contributed by atoms with van der Waals surface area (Å²) < 4.78 is 46.2. The van der Waals surface area contributed by atoms with Crippen LogP contribution in [0.1, 0.15) is 12.0 Å². The minimum Gasteiger partial charge on any atom is -0.351 e. The lowest BCUT2D eigenvalue weighted by Crippen LogP contribution is -2.25. The highest BCUT2D eigenvalue weighted by Crippen LogP contribution is 2.19. The number of aromatic amines is 1. The van der Waals surface area contributed by atoms with Gasteiger partial charge in [-0.15, -0.1) is 0 Å². The lowest BCUT2D eigenvalue weighted by molar-refractivity contribution is 0.149. The Hall–Kier alpha value is -0.990. The molecule has 5 nitrogen and oxygen atoms in total. The molecule has 0 spiro atoms. The summed E-state index contributed by atoms with van der Waals surface area (Å²) in [5.41, 5.74) is -2.39. The molecule has 0 radical (unpaired) electrons. The van der Waals surface area contributed by atoms with Crippen molar-refractivity contribution in [3.8, 4) is 0 Å². The van der Waals surface area contributed by atoms with E-state index in [1.54, 1.807) is 0 Å². The van der Waals surface area contributed by atoms with Crippen molar-refractivity contribution in [1.29, 1.82) is 0 Å². The molecule has 0 aromatic carbocycles. The van der Waals surface area contributed by atoms with Gasteiger partial charge < -0.3 is 4.98 Å². The number of alkyl halides is 2. The maximum Gasteiger partial charge on any atom is 0.269 e. The smallest absolute Gasteiger partial charge is 0.269 e. The van der Waals surface area contributed by atoms with Crippen molar-refractivity contribution in [3.05, 3.63) is 27.1 Å². The Balaban J connectivity index is 3.67. The summed E-state index contributed by atoms with van der Waals surface area (Å²) in [5, 5.41) is 4.06. The summed E-state index contributed by atoms with van der Waals surface area (Å²) in [6.07, 6.45) is -2.46. The summed E-state index contributed by atoms with van der Waals surface area (Å²) in [4.78, 5) is 12.2. The molecule has 1 aromatic rings. The molecule has 0 amide bonds. The number of aromatic nitrogens is 1. The molecule has 0 atom stereocenters. The van der Waals surface area contributed by atoms with Crippen molar-refractivity contribution in [2.75, 3.05) is 0 Å². The Labute approximate surface area is 87.9 Å². The van der Waals surface area contributed by atoms with E-state index in [9.17, 15) is 22.0 Å². The predicted molar refractivity (Wildman–Crippen MR) is 48.4 cm³/mol. The van der Waals surface area contributed by atoms with Gasteiger partial charge in [-0.25, -0.2) is 22.3 Å². The van der Waals surface area contributed by atoms with Crippen LogP contribution in [0.15, 0.2) is 15.9 Å². The zero-order valence-electron chi connectivity index (χ0n) is 7.00. The van der Waals surface area contributed by atoms with Crippen LogP contribution in [0.25, 0.3) is 0 Å². The average molecular weight is 259 g/mol. The van der Waals surface area contributed by atoms with Crippen LogP contribution in [-0.2, 0) is 10.0 Å². The van der Waals surface area contributed by atoms with Gasteiger partial charge >= 0.3 is 0 Å². The van der Waals surface area contributed by atoms with Gasteiger partial charge in [-0.3, -0.25) is 4.79 Å². The van der Waals surface area contributed by atoms with Gasteiger partial charge in [0.25, 0.3) is 6.43 Å². The Kier molecular flexibility index (Phi) is 3.12. The first kappa shape index (κ1) is 12.1. The minimum atomic E-state index is -4.43. The Morgan fingerprint density at radius 2 is 2.00 bits per heavy atom. The number of H-pyrrole nitrogens is 1. The maximum atomic E-state index is 12.2. The standard InChI is InChI=1S/C6H5ClF2N2O3S/c7-5-4(15(10,13)14)3(12)2(1-11-5)6(8)9/h1,6H,(H,11,12)(H2,10,13,14). The van der Waals surface area contributed by atoms with E-state index in [-0.39, 0.29) is 0 Å². The highest BCUT2D eigenvalue weighted by molar-refractivity contribution is 7.89. The van der Waals surface area contributed by atoms with Crippen LogP contribution in [0.3, 0.4) is 0 Å². The average Bonchev–Trinajstić information content (AvgIpc) is 2.00. The Bertz CT molecular complexity index is 540. The summed E-state index contributed by atoms with van der Waals surface area (Å²) >= 11 is 5.33. The Morgan fingerprint density at radius 1 is 1.47 bits per heavy atom. The predicted octanol–water partition coefficient (Wildman–Crippen LogP) is 0.613. The molecule has 0 saturated carbocycles. The van der Waals surface area contributed by atoms with Crippen LogP contribution in [0, 0.1) is 0 Å². The summed E-state index contributed by atoms with van der Waals surface area (Å²) in [5.74, 6) is 0. The van der Waals surface area contributed by atoms with Gasteiger partial charge in [0.2, 0.25) is 15.5 Å². The van der Waals surface area contributed by atoms with Crippen LogP contribution >= 0.6 is 11.6 Å². The molecule has 84 valence electrons. The second-order valence-electron chi connectivity index (χ2n) is 2.56. The van der Waals surface area contributed by atoms with E-state index >= 15 is 0 Å². The third-order valence-corrected chi connectivity index (χ3v) is 2.91. The number of sulfonamides is 1. The number of nitrogens with two attached hydrogens (primary N) is 1. The molecule has 0 fully saturated rings. The minimum absolute atomic E-state index is 0.591. The number of pyridine rings is 1. The lowest BCUT2D eigenvalue weighted by atomic mass is 10.3. The van der Waals surface area contributed by atoms with E-state index in [1.165, 1.54) is 0 Å². The van der Waals surface area contributed by atoms with E-state index < -0.39 is 37.5 Å². The fourth-order valence-electron chi connectivity index (χ4n) is 0.919. The van der Waals surface area contributed by atoms with Crippen molar-refractivity contribution < 1.29 is 17.2 Å². The maximum absolute atomic E-state index is 12.2. The molecule has 3 N–H and O–H groups in total. The van der Waals surface area contributed by atoms with Crippen molar-refractivity contribution in [2.45, 2.75) is 11.3 Å². The van der Waals surface area contributed by atoms with E-state index in [0.29, 0.717) is 6.20 Å². The monoisotopic (exact) mass is 258 g/mol. The molecule has 9 heteroatoms. The number of primary sulfonamides is 1. The van der Waals surface area contributed by atoms with Gasteiger partial charge in [0.15, 0.2) is 4.90 Å². The van der Waals surface area contributed by atoms with Crippen LogP contribution < -0.4 is 10.6 Å². The molecular formula is C6H5ClF2N2O3S. The quantitative estimate of drug-likeness (QED) is 0.761. The summed E-state index contributed by atoms with van der Waals surface area (Å²) in [6.45, 7) is 0. The topological polar surface area (TPSA) is 93.0 Å². The van der Waals surface area contributed by atoms with Crippen molar-refractivity contribution in [1.82, 2.24) is 4.98 Å². The van der Waals surface area contributed by atoms with Gasteiger partial charge in [-0.2, -0.15) is 0 Å². The second kappa shape index (κ2) is 3.87. The highest BCUT2D eigenvalue weighted by atomic mass is 35.5. The molecule has 15 heavy (non-hydrogen) atoms. The van der Waals surface area contributed by atoms with Crippen molar-refractivity contribution >= 4 is 21.6 Å². The zero-order chi connectivity index (χ0) is 11.8. The highest BCUT2D eigenvalue weighted by Gasteiger charge is 2.23. The normalized spacial score (nSPS) is 12.1. The van der Waals surface area contributed by atoms with Crippen LogP contribution in [-0.4, -0.2) is 13.4 Å². The summed E-state index contributed by atoms with van der Waals surface area (Å²) in [7, 11) is -4.43. The molecule has 1 aromatic heterocycles. The number of nitrogens with one attached hydrogen (secondary N) is 1. The molecule has 0 unspecified atom stereocenters. The van der Waals surface area contributed by atoms with Crippen LogP contribution in [0.2, 0.25) is 5.15 Å². The van der Waals surface area contributed by atoms with E-state index in [2.05, 4.69) is 5.14 Å². The van der Waals surface area contributed by atoms with E-state index in [4.69, 9.17) is 11.6 Å². The second-order valence-corrected chi connectivity index (χ2v) is 4.44. The van der Waals surface area contributed by atoms with E-state index in [0.717, 1.165) is 0 Å². The fraction of sp³-hybridized carbons (Fsp3) is 0.167. The molecule has 0 saturated heterocycles. The number of hydrogen-bond acceptors (Lipinski definition) is 3.